The molecule has 266 valence electrons. The van der Waals surface area contributed by atoms with Crippen molar-refractivity contribution in [3.63, 3.8) is 0 Å². The Bertz CT molecular complexity index is 1750. The number of carbonyl (C=O) groups excluding carboxylic acids is 1. The minimum atomic E-state index is -3.80. The second kappa shape index (κ2) is 12.3. The molecule has 2 aromatic rings. The van der Waals surface area contributed by atoms with Gasteiger partial charge in [-0.15, -0.1) is 0 Å². The Morgan fingerprint density at radius 3 is 2.22 bits per heavy atom. The lowest BCUT2D eigenvalue weighted by Gasteiger charge is -2.48. The first-order valence-corrected chi connectivity index (χ1v) is 21.4. The molecule has 10 nitrogen and oxygen atoms in total. The fourth-order valence-electron chi connectivity index (χ4n) is 7.21. The molecule has 5 aliphatic heterocycles. The zero-order valence-electron chi connectivity index (χ0n) is 28.8. The molecule has 0 radical (unpaired) electrons. The number of nitrogens with zero attached hydrogens (tertiary/aromatic N) is 3. The summed E-state index contributed by atoms with van der Waals surface area (Å²) in [6, 6.07) is 12.3. The van der Waals surface area contributed by atoms with Crippen LogP contribution in [0.25, 0.3) is 0 Å². The average molecular weight is 717 g/mol. The van der Waals surface area contributed by atoms with Gasteiger partial charge in [-0.2, -0.15) is 4.31 Å². The molecular formula is C35H46F2N4O6SSi. The Hall–Kier alpha value is -3.04. The standard InChI is InChI=1S/C35H46F2N4O6SSi/c1-34(2,3)49(4,5)47-32(23-7-6-8-28(13-23)39-21-26-15-38-16-27(22-39)35(26,36)37)33(42)40-17-24-19-41(20-25(24)18-40)48(43,44)29-9-10-30-31(14-29)46-12-11-45-30/h6-10,13-14,26-27,32,38H,11-12,15-22H2,1-5H3. The molecule has 14 heteroatoms. The third-order valence-electron chi connectivity index (χ3n) is 11.2. The first-order chi connectivity index (χ1) is 23.0. The van der Waals surface area contributed by atoms with Crippen LogP contribution in [0.4, 0.5) is 14.5 Å². The van der Waals surface area contributed by atoms with E-state index in [4.69, 9.17) is 13.9 Å². The maximum Gasteiger partial charge on any atom is 0.259 e. The molecule has 3 unspecified atom stereocenters. The Morgan fingerprint density at radius 2 is 1.59 bits per heavy atom. The van der Waals surface area contributed by atoms with Gasteiger partial charge in [-0.05, 0) is 59.1 Å². The van der Waals surface area contributed by atoms with Crippen LogP contribution in [-0.4, -0.2) is 103 Å². The first kappa shape index (κ1) is 34.4. The Morgan fingerprint density at radius 1 is 0.959 bits per heavy atom. The van der Waals surface area contributed by atoms with E-state index in [2.05, 4.69) is 39.2 Å². The molecule has 7 rings (SSSR count). The molecular weight excluding hydrogens is 671 g/mol. The van der Waals surface area contributed by atoms with E-state index >= 15 is 0 Å². The number of alkyl halides is 2. The zero-order valence-corrected chi connectivity index (χ0v) is 30.6. The van der Waals surface area contributed by atoms with E-state index in [0.29, 0.717) is 43.4 Å². The highest BCUT2D eigenvalue weighted by molar-refractivity contribution is 7.89. The molecule has 2 saturated heterocycles. The molecule has 5 heterocycles. The van der Waals surface area contributed by atoms with Crippen molar-refractivity contribution in [2.75, 3.05) is 70.5 Å². The Kier molecular flexibility index (Phi) is 8.65. The van der Waals surface area contributed by atoms with Crippen LogP contribution in [0.2, 0.25) is 18.1 Å². The van der Waals surface area contributed by atoms with Gasteiger partial charge in [-0.1, -0.05) is 32.9 Å². The second-order valence-electron chi connectivity index (χ2n) is 15.5. The first-order valence-electron chi connectivity index (χ1n) is 17.0. The summed E-state index contributed by atoms with van der Waals surface area (Å²) in [6.07, 6.45) is -0.884. The van der Waals surface area contributed by atoms with E-state index in [1.54, 1.807) is 11.0 Å². The van der Waals surface area contributed by atoms with Crippen molar-refractivity contribution in [2.24, 2.45) is 11.8 Å². The number of halogens is 2. The van der Waals surface area contributed by atoms with Crippen LogP contribution in [0.3, 0.4) is 0 Å². The van der Waals surface area contributed by atoms with E-state index in [-0.39, 0.29) is 55.1 Å². The van der Waals surface area contributed by atoms with Gasteiger partial charge in [0.1, 0.15) is 13.2 Å². The van der Waals surface area contributed by atoms with Gasteiger partial charge in [-0.25, -0.2) is 17.2 Å². The van der Waals surface area contributed by atoms with Crippen molar-refractivity contribution in [2.45, 2.75) is 55.8 Å². The number of nitrogens with one attached hydrogen (secondary N) is 1. The fourth-order valence-corrected chi connectivity index (χ4v) is 9.84. The number of fused-ring (bicyclic) bond motifs is 3. The summed E-state index contributed by atoms with van der Waals surface area (Å²) in [4.78, 5) is 18.4. The topological polar surface area (TPSA) is 101 Å². The van der Waals surface area contributed by atoms with Gasteiger partial charge in [0, 0.05) is 64.1 Å². The number of hydrogen-bond acceptors (Lipinski definition) is 8. The highest BCUT2D eigenvalue weighted by atomic mass is 32.2. The largest absolute Gasteiger partial charge is 0.486 e. The molecule has 0 aromatic heterocycles. The molecule has 3 atom stereocenters. The lowest BCUT2D eigenvalue weighted by molar-refractivity contribution is -0.138. The molecule has 1 amide bonds. The van der Waals surface area contributed by atoms with Crippen molar-refractivity contribution in [1.29, 1.82) is 0 Å². The SMILES string of the molecule is CC(C)(C)[Si](C)(C)OC(C(=O)N1CC2=C(C1)CN(S(=O)(=O)c1ccc3c(c1)OCCO3)C2)c1cccc(N2CC3CNCC(C2)C3(F)F)c1. The predicted octanol–water partition coefficient (Wildman–Crippen LogP) is 4.65. The van der Waals surface area contributed by atoms with Crippen molar-refractivity contribution in [3.8, 4) is 11.5 Å². The van der Waals surface area contributed by atoms with Crippen LogP contribution < -0.4 is 19.7 Å². The summed E-state index contributed by atoms with van der Waals surface area (Å²) >= 11 is 0. The lowest BCUT2D eigenvalue weighted by Crippen LogP contribution is -2.62. The highest BCUT2D eigenvalue weighted by Gasteiger charge is 2.53. The maximum atomic E-state index is 14.9. The smallest absolute Gasteiger partial charge is 0.259 e. The average Bonchev–Trinajstić information content (AvgIpc) is 3.63. The number of carbonyl (C=O) groups is 1. The second-order valence-corrected chi connectivity index (χ2v) is 22.2. The summed E-state index contributed by atoms with van der Waals surface area (Å²) in [5, 5.41) is 2.99. The lowest BCUT2D eigenvalue weighted by atomic mass is 9.81. The number of ether oxygens (including phenoxy) is 2. The zero-order chi connectivity index (χ0) is 34.9. The highest BCUT2D eigenvalue weighted by Crippen LogP contribution is 2.44. The quantitative estimate of drug-likeness (QED) is 0.327. The number of benzene rings is 2. The summed E-state index contributed by atoms with van der Waals surface area (Å²) < 4.78 is 76.6. The van der Waals surface area contributed by atoms with Crippen LogP contribution in [0.15, 0.2) is 58.5 Å². The molecule has 2 bridgehead atoms. The number of piperidine rings is 2. The van der Waals surface area contributed by atoms with Gasteiger partial charge < -0.3 is 29.0 Å². The molecule has 0 spiro atoms. The Labute approximate surface area is 288 Å². The predicted molar refractivity (Wildman–Crippen MR) is 184 cm³/mol. The molecule has 49 heavy (non-hydrogen) atoms. The van der Waals surface area contributed by atoms with Gasteiger partial charge in [0.15, 0.2) is 25.9 Å². The van der Waals surface area contributed by atoms with Crippen molar-refractivity contribution in [1.82, 2.24) is 14.5 Å². The van der Waals surface area contributed by atoms with E-state index in [9.17, 15) is 22.0 Å². The van der Waals surface area contributed by atoms with Crippen molar-refractivity contribution >= 4 is 29.9 Å². The minimum absolute atomic E-state index is 0.144. The maximum absolute atomic E-state index is 14.9. The summed E-state index contributed by atoms with van der Waals surface area (Å²) in [6.45, 7) is 13.4. The fraction of sp³-hybridized carbons (Fsp3) is 0.571. The van der Waals surface area contributed by atoms with E-state index in [0.717, 1.165) is 16.8 Å². The van der Waals surface area contributed by atoms with Gasteiger partial charge >= 0.3 is 0 Å². The van der Waals surface area contributed by atoms with Crippen LogP contribution in [0, 0.1) is 11.8 Å². The van der Waals surface area contributed by atoms with E-state index in [1.165, 1.54) is 16.4 Å². The van der Waals surface area contributed by atoms with Gasteiger partial charge in [-0.3, -0.25) is 4.79 Å². The van der Waals surface area contributed by atoms with Crippen LogP contribution in [0.1, 0.15) is 32.4 Å². The van der Waals surface area contributed by atoms with Gasteiger partial charge in [0.05, 0.1) is 16.7 Å². The number of sulfonamides is 1. The molecule has 5 aliphatic rings. The number of hydrogen-bond donors (Lipinski definition) is 1. The van der Waals surface area contributed by atoms with Gasteiger partial charge in [0.25, 0.3) is 11.8 Å². The third-order valence-corrected chi connectivity index (χ3v) is 17.4. The summed E-state index contributed by atoms with van der Waals surface area (Å²) in [7, 11) is -6.26. The normalized spacial score (nSPS) is 24.6. The molecule has 0 saturated carbocycles. The summed E-state index contributed by atoms with van der Waals surface area (Å²) in [5.41, 5.74) is 3.35. The third kappa shape index (κ3) is 6.28. The number of rotatable bonds is 7. The molecule has 1 N–H and O–H groups in total. The van der Waals surface area contributed by atoms with Gasteiger partial charge in [0.2, 0.25) is 10.0 Å². The van der Waals surface area contributed by atoms with Crippen LogP contribution >= 0.6 is 0 Å². The van der Waals surface area contributed by atoms with Crippen molar-refractivity contribution < 1.29 is 35.9 Å². The monoisotopic (exact) mass is 716 g/mol. The molecule has 2 fully saturated rings. The minimum Gasteiger partial charge on any atom is -0.486 e. The van der Waals surface area contributed by atoms with E-state index < -0.39 is 42.2 Å². The molecule has 2 aromatic carbocycles. The van der Waals surface area contributed by atoms with Crippen LogP contribution in [0.5, 0.6) is 11.5 Å². The van der Waals surface area contributed by atoms with Crippen LogP contribution in [-0.2, 0) is 19.2 Å². The van der Waals surface area contributed by atoms with E-state index in [1.807, 2.05) is 29.2 Å². The van der Waals surface area contributed by atoms with Crippen molar-refractivity contribution in [3.05, 3.63) is 59.2 Å². The molecule has 0 aliphatic carbocycles. The number of amides is 1. The summed E-state index contributed by atoms with van der Waals surface area (Å²) in [5.74, 6) is -3.49. The number of anilines is 1. The Balaban J connectivity index is 1.09.